The van der Waals surface area contributed by atoms with Gasteiger partial charge in [0.2, 0.25) is 5.91 Å². The van der Waals surface area contributed by atoms with Gasteiger partial charge >= 0.3 is 5.97 Å². The number of thioether (sulfide) groups is 1. The second-order valence-electron chi connectivity index (χ2n) is 5.79. The standard InChI is InChI=1S/C14H24N2O3S/c1-20-7-6-11(14(18)19)16-13(17)12-8-9-4-2-3-5-10(9)15-12/h9-12,15H,2-8H2,1H3,(H,16,17)(H,18,19)/t9?,10?,11-,12?/m0/s1. The highest BCUT2D eigenvalue weighted by molar-refractivity contribution is 7.98. The van der Waals surface area contributed by atoms with E-state index in [0.29, 0.717) is 18.4 Å². The van der Waals surface area contributed by atoms with E-state index in [9.17, 15) is 9.59 Å². The monoisotopic (exact) mass is 300 g/mol. The van der Waals surface area contributed by atoms with Crippen LogP contribution in [0.1, 0.15) is 38.5 Å². The van der Waals surface area contributed by atoms with Gasteiger partial charge < -0.3 is 15.7 Å². The van der Waals surface area contributed by atoms with Crippen LogP contribution in [0, 0.1) is 5.92 Å². The van der Waals surface area contributed by atoms with Crippen molar-refractivity contribution in [3.05, 3.63) is 0 Å². The Morgan fingerprint density at radius 1 is 1.40 bits per heavy atom. The molecule has 4 atom stereocenters. The summed E-state index contributed by atoms with van der Waals surface area (Å²) in [6.07, 6.45) is 8.08. The maximum Gasteiger partial charge on any atom is 0.326 e. The molecule has 2 aliphatic rings. The molecule has 0 aromatic heterocycles. The Labute approximate surface area is 124 Å². The molecule has 0 bridgehead atoms. The van der Waals surface area contributed by atoms with E-state index in [4.69, 9.17) is 5.11 Å². The summed E-state index contributed by atoms with van der Waals surface area (Å²) in [4.78, 5) is 23.4. The number of carbonyl (C=O) groups excluding carboxylic acids is 1. The Bertz CT molecular complexity index is 350. The summed E-state index contributed by atoms with van der Waals surface area (Å²) >= 11 is 1.59. The smallest absolute Gasteiger partial charge is 0.326 e. The van der Waals surface area contributed by atoms with Crippen molar-refractivity contribution in [1.82, 2.24) is 10.6 Å². The maximum atomic E-state index is 12.2. The predicted octanol–water partition coefficient (Wildman–Crippen LogP) is 1.23. The van der Waals surface area contributed by atoms with Crippen LogP contribution < -0.4 is 10.6 Å². The molecule has 1 saturated carbocycles. The quantitative estimate of drug-likeness (QED) is 0.687. The molecule has 1 aliphatic heterocycles. The summed E-state index contributed by atoms with van der Waals surface area (Å²) < 4.78 is 0. The molecule has 5 nitrogen and oxygen atoms in total. The van der Waals surface area contributed by atoms with Crippen LogP contribution in [0.2, 0.25) is 0 Å². The molecule has 0 radical (unpaired) electrons. The summed E-state index contributed by atoms with van der Waals surface area (Å²) in [5, 5.41) is 15.2. The molecule has 20 heavy (non-hydrogen) atoms. The van der Waals surface area contributed by atoms with Crippen molar-refractivity contribution in [3.8, 4) is 0 Å². The fourth-order valence-corrected chi connectivity index (χ4v) is 3.76. The molecule has 2 fully saturated rings. The molecule has 0 aromatic carbocycles. The van der Waals surface area contributed by atoms with E-state index in [1.165, 1.54) is 19.3 Å². The van der Waals surface area contributed by atoms with Gasteiger partial charge in [0.15, 0.2) is 0 Å². The summed E-state index contributed by atoms with van der Waals surface area (Å²) in [5.74, 6) is 0.241. The van der Waals surface area contributed by atoms with Gasteiger partial charge in [0.05, 0.1) is 6.04 Å². The highest BCUT2D eigenvalue weighted by Gasteiger charge is 2.38. The first-order valence-electron chi connectivity index (χ1n) is 7.40. The molecule has 0 spiro atoms. The Balaban J connectivity index is 1.85. The normalized spacial score (nSPS) is 30.6. The number of amides is 1. The van der Waals surface area contributed by atoms with Crippen molar-refractivity contribution in [2.75, 3.05) is 12.0 Å². The summed E-state index contributed by atoms with van der Waals surface area (Å²) in [5.41, 5.74) is 0. The van der Waals surface area contributed by atoms with E-state index in [1.807, 2.05) is 6.26 Å². The van der Waals surface area contributed by atoms with Gasteiger partial charge in [-0.25, -0.2) is 4.79 Å². The first-order valence-corrected chi connectivity index (χ1v) is 8.79. The molecule has 3 unspecified atom stereocenters. The molecule has 114 valence electrons. The molecule has 1 heterocycles. The predicted molar refractivity (Wildman–Crippen MR) is 79.9 cm³/mol. The number of carboxylic acid groups (broad SMARTS) is 1. The summed E-state index contributed by atoms with van der Waals surface area (Å²) in [6.45, 7) is 0. The van der Waals surface area contributed by atoms with E-state index in [0.717, 1.165) is 18.6 Å². The third-order valence-electron chi connectivity index (χ3n) is 4.40. The van der Waals surface area contributed by atoms with Crippen molar-refractivity contribution in [2.45, 2.75) is 56.7 Å². The lowest BCUT2D eigenvalue weighted by atomic mass is 9.85. The molecule has 1 amide bonds. The van der Waals surface area contributed by atoms with Crippen molar-refractivity contribution >= 4 is 23.6 Å². The fraction of sp³-hybridized carbons (Fsp3) is 0.857. The number of fused-ring (bicyclic) bond motifs is 1. The van der Waals surface area contributed by atoms with Crippen molar-refractivity contribution in [3.63, 3.8) is 0 Å². The van der Waals surface area contributed by atoms with Gasteiger partial charge in [-0.1, -0.05) is 12.8 Å². The molecule has 2 rings (SSSR count). The lowest BCUT2D eigenvalue weighted by Crippen LogP contribution is -2.49. The topological polar surface area (TPSA) is 78.4 Å². The van der Waals surface area contributed by atoms with Crippen LogP contribution in [-0.4, -0.2) is 47.1 Å². The number of rotatable bonds is 6. The van der Waals surface area contributed by atoms with Gasteiger partial charge in [-0.2, -0.15) is 11.8 Å². The molecule has 1 saturated heterocycles. The Hall–Kier alpha value is -0.750. The van der Waals surface area contributed by atoms with Crippen molar-refractivity contribution in [1.29, 1.82) is 0 Å². The third kappa shape index (κ3) is 3.88. The average molecular weight is 300 g/mol. The van der Waals surface area contributed by atoms with Gasteiger partial charge in [-0.3, -0.25) is 4.79 Å². The number of aliphatic carboxylic acids is 1. The third-order valence-corrected chi connectivity index (χ3v) is 5.05. The van der Waals surface area contributed by atoms with Crippen LogP contribution in [0.25, 0.3) is 0 Å². The van der Waals surface area contributed by atoms with Crippen molar-refractivity contribution in [2.24, 2.45) is 5.92 Å². The van der Waals surface area contributed by atoms with Crippen molar-refractivity contribution < 1.29 is 14.7 Å². The van der Waals surface area contributed by atoms with E-state index in [1.54, 1.807) is 11.8 Å². The van der Waals surface area contributed by atoms with Crippen LogP contribution in [-0.2, 0) is 9.59 Å². The second kappa shape index (κ2) is 7.31. The van der Waals surface area contributed by atoms with E-state index in [2.05, 4.69) is 10.6 Å². The largest absolute Gasteiger partial charge is 0.480 e. The first-order chi connectivity index (χ1) is 9.61. The number of hydrogen-bond donors (Lipinski definition) is 3. The van der Waals surface area contributed by atoms with Gasteiger partial charge in [-0.05, 0) is 43.6 Å². The Kier molecular flexibility index (Phi) is 5.72. The number of hydrogen-bond acceptors (Lipinski definition) is 4. The summed E-state index contributed by atoms with van der Waals surface area (Å²) in [7, 11) is 0. The molecule has 6 heteroatoms. The minimum atomic E-state index is -0.942. The maximum absolute atomic E-state index is 12.2. The number of carbonyl (C=O) groups is 2. The highest BCUT2D eigenvalue weighted by Crippen LogP contribution is 2.33. The molecular weight excluding hydrogens is 276 g/mol. The number of nitrogens with one attached hydrogen (secondary N) is 2. The number of carboxylic acids is 1. The lowest BCUT2D eigenvalue weighted by molar-refractivity contribution is -0.142. The minimum Gasteiger partial charge on any atom is -0.480 e. The van der Waals surface area contributed by atoms with Crippen LogP contribution in [0.5, 0.6) is 0 Å². The van der Waals surface area contributed by atoms with Crippen LogP contribution in [0.15, 0.2) is 0 Å². The van der Waals surface area contributed by atoms with Crippen LogP contribution in [0.3, 0.4) is 0 Å². The zero-order valence-electron chi connectivity index (χ0n) is 11.9. The Morgan fingerprint density at radius 3 is 2.80 bits per heavy atom. The molecular formula is C14H24N2O3S. The van der Waals surface area contributed by atoms with Crippen LogP contribution in [0.4, 0.5) is 0 Å². The Morgan fingerprint density at radius 2 is 2.15 bits per heavy atom. The molecule has 0 aromatic rings. The van der Waals surface area contributed by atoms with Gasteiger partial charge in [0.1, 0.15) is 6.04 Å². The van der Waals surface area contributed by atoms with Crippen LogP contribution >= 0.6 is 11.8 Å². The van der Waals surface area contributed by atoms with Gasteiger partial charge in [0, 0.05) is 6.04 Å². The van der Waals surface area contributed by atoms with Gasteiger partial charge in [0.25, 0.3) is 0 Å². The molecule has 3 N–H and O–H groups in total. The molecule has 1 aliphatic carbocycles. The van der Waals surface area contributed by atoms with E-state index in [-0.39, 0.29) is 11.9 Å². The zero-order valence-corrected chi connectivity index (χ0v) is 12.7. The average Bonchev–Trinajstić information content (AvgIpc) is 2.86. The van der Waals surface area contributed by atoms with E-state index >= 15 is 0 Å². The lowest BCUT2D eigenvalue weighted by Gasteiger charge is -2.24. The van der Waals surface area contributed by atoms with Gasteiger partial charge in [-0.15, -0.1) is 0 Å². The highest BCUT2D eigenvalue weighted by atomic mass is 32.2. The SMILES string of the molecule is CSCC[C@H](NC(=O)C1CC2CCCCC2N1)C(=O)O. The fourth-order valence-electron chi connectivity index (χ4n) is 3.29. The van der Waals surface area contributed by atoms with E-state index < -0.39 is 12.0 Å². The minimum absolute atomic E-state index is 0.145. The first kappa shape index (κ1) is 15.6. The summed E-state index contributed by atoms with van der Waals surface area (Å²) in [6, 6.07) is -0.521. The second-order valence-corrected chi connectivity index (χ2v) is 6.77. The zero-order chi connectivity index (χ0) is 14.5.